The Morgan fingerprint density at radius 3 is 2.50 bits per heavy atom. The van der Waals surface area contributed by atoms with E-state index in [-0.39, 0.29) is 12.5 Å². The molecule has 0 aromatic rings. The topological polar surface area (TPSA) is 47.6 Å². The maximum absolute atomic E-state index is 11.3. The van der Waals surface area contributed by atoms with Crippen molar-refractivity contribution in [1.29, 1.82) is 0 Å². The van der Waals surface area contributed by atoms with Gasteiger partial charge in [0.05, 0.1) is 13.2 Å². The lowest BCUT2D eigenvalue weighted by molar-refractivity contribution is -0.126. The Morgan fingerprint density at radius 2 is 1.83 bits per heavy atom. The first-order valence-electron chi connectivity index (χ1n) is 7.00. The largest absolute Gasteiger partial charge is 0.382 e. The van der Waals surface area contributed by atoms with Gasteiger partial charge in [0.2, 0.25) is 5.91 Å². The molecule has 0 saturated carbocycles. The molecule has 0 aromatic heterocycles. The maximum atomic E-state index is 11.3. The molecular formula is C14H29NO3. The Bertz CT molecular complexity index is 195. The van der Waals surface area contributed by atoms with E-state index in [1.807, 2.05) is 0 Å². The summed E-state index contributed by atoms with van der Waals surface area (Å²) in [6, 6.07) is 0. The highest BCUT2D eigenvalue weighted by molar-refractivity contribution is 5.77. The van der Waals surface area contributed by atoms with Gasteiger partial charge >= 0.3 is 0 Å². The van der Waals surface area contributed by atoms with Gasteiger partial charge in [-0.05, 0) is 12.3 Å². The number of hydrogen-bond acceptors (Lipinski definition) is 3. The molecule has 108 valence electrons. The average Bonchev–Trinajstić information content (AvgIpc) is 2.33. The van der Waals surface area contributed by atoms with Crippen molar-refractivity contribution in [3.05, 3.63) is 0 Å². The summed E-state index contributed by atoms with van der Waals surface area (Å²) in [5.74, 6) is 0.766. The van der Waals surface area contributed by atoms with Crippen molar-refractivity contribution >= 4 is 5.91 Å². The summed E-state index contributed by atoms with van der Waals surface area (Å²) in [4.78, 5) is 11.3. The van der Waals surface area contributed by atoms with Gasteiger partial charge < -0.3 is 14.8 Å². The minimum absolute atomic E-state index is 0.0340. The number of nitrogens with one attached hydrogen (secondary N) is 1. The lowest BCUT2D eigenvalue weighted by Crippen LogP contribution is -2.29. The second kappa shape index (κ2) is 12.8. The quantitative estimate of drug-likeness (QED) is 0.547. The zero-order valence-corrected chi connectivity index (χ0v) is 12.2. The molecule has 0 heterocycles. The fourth-order valence-corrected chi connectivity index (χ4v) is 1.62. The molecule has 0 radical (unpaired) electrons. The first-order valence-corrected chi connectivity index (χ1v) is 7.00. The Hall–Kier alpha value is -0.610. The zero-order chi connectivity index (χ0) is 13.6. The summed E-state index contributed by atoms with van der Waals surface area (Å²) < 4.78 is 9.94. The standard InChI is InChI=1S/C14H29NO3/c1-13(2)8-6-4-5-7-9-15-14(16)12-18-11-10-17-3/h13H,4-12H2,1-3H3,(H,15,16). The molecule has 1 amide bonds. The van der Waals surface area contributed by atoms with E-state index in [1.165, 1.54) is 25.7 Å². The third-order valence-electron chi connectivity index (χ3n) is 2.70. The van der Waals surface area contributed by atoms with E-state index in [9.17, 15) is 4.79 Å². The molecule has 4 heteroatoms. The number of carbonyl (C=O) groups excluding carboxylic acids is 1. The number of methoxy groups -OCH3 is 1. The van der Waals surface area contributed by atoms with Crippen LogP contribution < -0.4 is 5.32 Å². The second-order valence-corrected chi connectivity index (χ2v) is 4.99. The van der Waals surface area contributed by atoms with Crippen molar-refractivity contribution in [3.8, 4) is 0 Å². The summed E-state index contributed by atoms with van der Waals surface area (Å²) in [6.07, 6.45) is 6.11. The molecule has 1 N–H and O–H groups in total. The van der Waals surface area contributed by atoms with Gasteiger partial charge in [-0.1, -0.05) is 39.5 Å². The maximum Gasteiger partial charge on any atom is 0.245 e. The van der Waals surface area contributed by atoms with E-state index in [2.05, 4.69) is 19.2 Å². The molecule has 18 heavy (non-hydrogen) atoms. The minimum atomic E-state index is -0.0340. The number of rotatable bonds is 12. The van der Waals surface area contributed by atoms with Crippen LogP contribution in [0.3, 0.4) is 0 Å². The molecule has 0 atom stereocenters. The number of carbonyl (C=O) groups is 1. The monoisotopic (exact) mass is 259 g/mol. The van der Waals surface area contributed by atoms with Gasteiger partial charge in [0.25, 0.3) is 0 Å². The third-order valence-corrected chi connectivity index (χ3v) is 2.70. The second-order valence-electron chi connectivity index (χ2n) is 4.99. The van der Waals surface area contributed by atoms with E-state index in [0.717, 1.165) is 18.9 Å². The summed E-state index contributed by atoms with van der Waals surface area (Å²) in [6.45, 7) is 6.40. The first-order chi connectivity index (χ1) is 8.66. The molecular weight excluding hydrogens is 230 g/mol. The van der Waals surface area contributed by atoms with Crippen LogP contribution in [0, 0.1) is 5.92 Å². The Balaban J connectivity index is 3.15. The fraction of sp³-hybridized carbons (Fsp3) is 0.929. The molecule has 4 nitrogen and oxygen atoms in total. The lowest BCUT2D eigenvalue weighted by atomic mass is 10.0. The van der Waals surface area contributed by atoms with Crippen LogP contribution in [0.15, 0.2) is 0 Å². The van der Waals surface area contributed by atoms with Crippen molar-refractivity contribution in [3.63, 3.8) is 0 Å². The molecule has 0 rings (SSSR count). The van der Waals surface area contributed by atoms with Crippen LogP contribution in [-0.2, 0) is 14.3 Å². The Kier molecular flexibility index (Phi) is 12.4. The van der Waals surface area contributed by atoms with Crippen LogP contribution >= 0.6 is 0 Å². The highest BCUT2D eigenvalue weighted by atomic mass is 16.5. The van der Waals surface area contributed by atoms with Gasteiger partial charge in [-0.25, -0.2) is 0 Å². The first kappa shape index (κ1) is 17.4. The number of amides is 1. The van der Waals surface area contributed by atoms with E-state index in [0.29, 0.717) is 13.2 Å². The predicted molar refractivity (Wildman–Crippen MR) is 73.6 cm³/mol. The Labute approximate surface area is 111 Å². The molecule has 0 bridgehead atoms. The molecule has 0 aliphatic carbocycles. The van der Waals surface area contributed by atoms with Gasteiger partial charge in [0, 0.05) is 13.7 Å². The predicted octanol–water partition coefficient (Wildman–Crippen LogP) is 2.37. The summed E-state index contributed by atoms with van der Waals surface area (Å²) >= 11 is 0. The molecule has 0 fully saturated rings. The third kappa shape index (κ3) is 13.5. The van der Waals surface area contributed by atoms with Crippen LogP contribution in [0.5, 0.6) is 0 Å². The highest BCUT2D eigenvalue weighted by Crippen LogP contribution is 2.08. The smallest absolute Gasteiger partial charge is 0.245 e. The summed E-state index contributed by atoms with van der Waals surface area (Å²) in [7, 11) is 1.61. The van der Waals surface area contributed by atoms with E-state index in [4.69, 9.17) is 9.47 Å². The molecule has 0 spiro atoms. The van der Waals surface area contributed by atoms with Crippen LogP contribution in [0.4, 0.5) is 0 Å². The summed E-state index contributed by atoms with van der Waals surface area (Å²) in [5, 5.41) is 2.85. The fourth-order valence-electron chi connectivity index (χ4n) is 1.62. The van der Waals surface area contributed by atoms with Crippen LogP contribution in [0.1, 0.15) is 46.0 Å². The van der Waals surface area contributed by atoms with Crippen molar-refractivity contribution in [1.82, 2.24) is 5.32 Å². The van der Waals surface area contributed by atoms with Gasteiger partial charge in [-0.2, -0.15) is 0 Å². The molecule has 0 aliphatic heterocycles. The molecule has 0 aliphatic rings. The number of ether oxygens (including phenoxy) is 2. The lowest BCUT2D eigenvalue weighted by Gasteiger charge is -2.06. The molecule has 0 saturated heterocycles. The van der Waals surface area contributed by atoms with Gasteiger partial charge in [-0.3, -0.25) is 4.79 Å². The highest BCUT2D eigenvalue weighted by Gasteiger charge is 2.00. The van der Waals surface area contributed by atoms with Gasteiger partial charge in [0.1, 0.15) is 6.61 Å². The van der Waals surface area contributed by atoms with Crippen molar-refractivity contribution in [2.45, 2.75) is 46.0 Å². The molecule has 0 aromatic carbocycles. The van der Waals surface area contributed by atoms with Gasteiger partial charge in [0.15, 0.2) is 0 Å². The van der Waals surface area contributed by atoms with Crippen molar-refractivity contribution < 1.29 is 14.3 Å². The van der Waals surface area contributed by atoms with Crippen molar-refractivity contribution in [2.24, 2.45) is 5.92 Å². The van der Waals surface area contributed by atoms with E-state index < -0.39 is 0 Å². The zero-order valence-electron chi connectivity index (χ0n) is 12.2. The number of unbranched alkanes of at least 4 members (excludes halogenated alkanes) is 3. The van der Waals surface area contributed by atoms with Crippen LogP contribution in [-0.4, -0.2) is 39.4 Å². The SMILES string of the molecule is COCCOCC(=O)NCCCCCCC(C)C. The van der Waals surface area contributed by atoms with Crippen LogP contribution in [0.2, 0.25) is 0 Å². The Morgan fingerprint density at radius 1 is 1.11 bits per heavy atom. The average molecular weight is 259 g/mol. The van der Waals surface area contributed by atoms with Crippen LogP contribution in [0.25, 0.3) is 0 Å². The molecule has 0 unspecified atom stereocenters. The van der Waals surface area contributed by atoms with E-state index >= 15 is 0 Å². The van der Waals surface area contributed by atoms with Crippen molar-refractivity contribution in [2.75, 3.05) is 33.5 Å². The normalized spacial score (nSPS) is 10.9. The van der Waals surface area contributed by atoms with E-state index in [1.54, 1.807) is 7.11 Å². The minimum Gasteiger partial charge on any atom is -0.382 e. The number of hydrogen-bond donors (Lipinski definition) is 1. The summed E-state index contributed by atoms with van der Waals surface area (Å²) in [5.41, 5.74) is 0. The van der Waals surface area contributed by atoms with Gasteiger partial charge in [-0.15, -0.1) is 0 Å².